The van der Waals surface area contributed by atoms with Crippen molar-refractivity contribution in [3.63, 3.8) is 0 Å². The van der Waals surface area contributed by atoms with E-state index in [-0.39, 0.29) is 19.8 Å². The second kappa shape index (κ2) is 16.2. The van der Waals surface area contributed by atoms with Crippen LogP contribution in [0.15, 0.2) is 91.0 Å². The molecular weight excluding hydrogens is 640 g/mol. The number of aliphatic hydroxyl groups is 1. The third-order valence-electron chi connectivity index (χ3n) is 6.65. The van der Waals surface area contributed by atoms with Crippen molar-refractivity contribution in [1.82, 2.24) is 0 Å². The highest BCUT2D eigenvalue weighted by molar-refractivity contribution is 6.76. The summed E-state index contributed by atoms with van der Waals surface area (Å²) >= 11 is 23.6. The number of aliphatic hydroxyl groups excluding tert-OH is 1. The summed E-state index contributed by atoms with van der Waals surface area (Å²) in [7, 11) is 0. The van der Waals surface area contributed by atoms with Crippen molar-refractivity contribution >= 4 is 58.1 Å². The van der Waals surface area contributed by atoms with Crippen molar-refractivity contribution in [3.8, 4) is 0 Å². The Balaban J connectivity index is 1.73. The van der Waals surface area contributed by atoms with E-state index in [1.807, 2.05) is 91.0 Å². The van der Waals surface area contributed by atoms with Crippen LogP contribution in [0.5, 0.6) is 0 Å². The topological polar surface area (TPSA) is 107 Å². The highest BCUT2D eigenvalue weighted by Crippen LogP contribution is 2.35. The van der Waals surface area contributed by atoms with Gasteiger partial charge in [0.1, 0.15) is 30.5 Å². The highest BCUT2D eigenvalue weighted by atomic mass is 35.6. The first-order valence-electron chi connectivity index (χ1n) is 13.4. The quantitative estimate of drug-likeness (QED) is 0.131. The summed E-state index contributed by atoms with van der Waals surface area (Å²) in [5, 5.41) is 19.3. The molecule has 1 heterocycles. The zero-order chi connectivity index (χ0) is 30.8. The van der Waals surface area contributed by atoms with Gasteiger partial charge in [0, 0.05) is 0 Å². The molecule has 12 heteroatoms. The van der Waals surface area contributed by atoms with E-state index in [2.05, 4.69) is 0 Å². The minimum atomic E-state index is -2.23. The zero-order valence-electron chi connectivity index (χ0n) is 22.9. The molecule has 1 fully saturated rings. The fraction of sp³-hybridized carbons (Fsp3) is 0.355. The van der Waals surface area contributed by atoms with Gasteiger partial charge in [-0.15, -0.1) is 11.6 Å². The summed E-state index contributed by atoms with van der Waals surface area (Å²) in [5.74, 6) is -1.94. The van der Waals surface area contributed by atoms with E-state index in [4.69, 9.17) is 75.5 Å². The van der Waals surface area contributed by atoms with Crippen molar-refractivity contribution in [2.75, 3.05) is 5.88 Å². The second-order valence-electron chi connectivity index (χ2n) is 9.74. The first kappa shape index (κ1) is 33.6. The van der Waals surface area contributed by atoms with E-state index < -0.39 is 58.2 Å². The number of nitrogens with one attached hydrogen (secondary N) is 1. The fourth-order valence-corrected chi connectivity index (χ4v) is 4.78. The lowest BCUT2D eigenvalue weighted by atomic mass is 9.93. The summed E-state index contributed by atoms with van der Waals surface area (Å²) in [5.41, 5.74) is 2.51. The number of ketones is 1. The van der Waals surface area contributed by atoms with E-state index in [1.54, 1.807) is 0 Å². The summed E-state index contributed by atoms with van der Waals surface area (Å²) in [6.07, 6.45) is -7.67. The summed E-state index contributed by atoms with van der Waals surface area (Å²) < 4.78 is 28.7. The summed E-state index contributed by atoms with van der Waals surface area (Å²) in [6.45, 7) is 0.308. The number of hydrogen-bond donors (Lipinski definition) is 2. The molecule has 1 saturated heterocycles. The average molecular weight is 671 g/mol. The molecule has 2 N–H and O–H groups in total. The lowest BCUT2D eigenvalue weighted by Crippen LogP contribution is -2.65. The molecule has 0 aliphatic carbocycles. The van der Waals surface area contributed by atoms with Crippen molar-refractivity contribution in [2.45, 2.75) is 60.4 Å². The van der Waals surface area contributed by atoms with Gasteiger partial charge in [-0.3, -0.25) is 10.2 Å². The molecule has 0 bridgehead atoms. The van der Waals surface area contributed by atoms with Crippen molar-refractivity contribution in [1.29, 1.82) is 5.41 Å². The summed E-state index contributed by atoms with van der Waals surface area (Å²) in [4.78, 5) is 12.7. The Bertz CT molecular complexity index is 1300. The number of hydrogen-bond acceptors (Lipinski definition) is 8. The molecule has 1 aliphatic rings. The molecule has 0 spiro atoms. The Hall–Kier alpha value is -2.24. The normalized spacial score (nSPS) is 23.0. The van der Waals surface area contributed by atoms with Gasteiger partial charge in [-0.2, -0.15) is 0 Å². The maximum Gasteiger partial charge on any atom is 0.265 e. The van der Waals surface area contributed by atoms with Crippen LogP contribution in [-0.4, -0.2) is 63.3 Å². The maximum atomic E-state index is 12.7. The minimum absolute atomic E-state index is 0.0965. The molecule has 0 radical (unpaired) electrons. The molecule has 0 amide bonds. The lowest BCUT2D eigenvalue weighted by Gasteiger charge is -2.46. The number of benzene rings is 3. The molecule has 6 atom stereocenters. The minimum Gasteiger partial charge on any atom is -0.445 e. The predicted molar refractivity (Wildman–Crippen MR) is 165 cm³/mol. The van der Waals surface area contributed by atoms with Gasteiger partial charge in [-0.05, 0) is 16.7 Å². The third-order valence-corrected chi connectivity index (χ3v) is 7.43. The fourth-order valence-electron chi connectivity index (χ4n) is 4.49. The Kier molecular flexibility index (Phi) is 12.7. The number of alkyl halides is 4. The molecule has 3 aromatic carbocycles. The van der Waals surface area contributed by atoms with Crippen LogP contribution in [0, 0.1) is 5.41 Å². The monoisotopic (exact) mass is 669 g/mol. The zero-order valence-corrected chi connectivity index (χ0v) is 25.9. The van der Waals surface area contributed by atoms with Gasteiger partial charge in [0.15, 0.2) is 5.78 Å². The Morgan fingerprint density at radius 3 is 1.60 bits per heavy atom. The van der Waals surface area contributed by atoms with Gasteiger partial charge in [0.05, 0.1) is 25.7 Å². The third kappa shape index (κ3) is 9.62. The maximum absolute atomic E-state index is 12.7. The molecule has 230 valence electrons. The van der Waals surface area contributed by atoms with E-state index in [0.29, 0.717) is 0 Å². The number of halogens is 4. The molecule has 4 rings (SSSR count). The van der Waals surface area contributed by atoms with E-state index >= 15 is 0 Å². The highest BCUT2D eigenvalue weighted by Gasteiger charge is 2.53. The molecule has 8 nitrogen and oxygen atoms in total. The van der Waals surface area contributed by atoms with E-state index in [0.717, 1.165) is 16.7 Å². The first-order chi connectivity index (χ1) is 20.7. The van der Waals surface area contributed by atoms with Crippen LogP contribution in [0.2, 0.25) is 0 Å². The van der Waals surface area contributed by atoms with Crippen LogP contribution < -0.4 is 0 Å². The summed E-state index contributed by atoms with van der Waals surface area (Å²) in [6, 6.07) is 28.1. The molecular formula is C31H31Cl4NO7. The number of rotatable bonds is 13. The van der Waals surface area contributed by atoms with Gasteiger partial charge >= 0.3 is 0 Å². The van der Waals surface area contributed by atoms with E-state index in [9.17, 15) is 9.90 Å². The SMILES string of the molecule is N=C(O[C@@H]1O[C@H](C(O)C(=O)CCl)[C@@H](OCc2ccccc2)[C@H](OCc2ccccc2)[C@H]1OCc1ccccc1)C(Cl)(Cl)Cl. The molecule has 43 heavy (non-hydrogen) atoms. The number of carbonyl (C=O) groups is 1. The van der Waals surface area contributed by atoms with Gasteiger partial charge in [-0.25, -0.2) is 0 Å². The van der Waals surface area contributed by atoms with Crippen molar-refractivity contribution in [2.24, 2.45) is 0 Å². The van der Waals surface area contributed by atoms with Gasteiger partial charge in [0.2, 0.25) is 12.2 Å². The van der Waals surface area contributed by atoms with Crippen LogP contribution >= 0.6 is 46.4 Å². The first-order valence-corrected chi connectivity index (χ1v) is 15.1. The molecule has 0 saturated carbocycles. The smallest absolute Gasteiger partial charge is 0.265 e. The van der Waals surface area contributed by atoms with Gasteiger partial charge in [-0.1, -0.05) is 126 Å². The van der Waals surface area contributed by atoms with Crippen LogP contribution in [0.4, 0.5) is 0 Å². The largest absolute Gasteiger partial charge is 0.445 e. The van der Waals surface area contributed by atoms with Crippen LogP contribution in [0.3, 0.4) is 0 Å². The molecule has 3 aromatic rings. The molecule has 1 aliphatic heterocycles. The molecule has 0 aromatic heterocycles. The lowest BCUT2D eigenvalue weighted by molar-refractivity contribution is -0.317. The van der Waals surface area contributed by atoms with Crippen LogP contribution in [0.25, 0.3) is 0 Å². The van der Waals surface area contributed by atoms with Gasteiger partial charge in [0.25, 0.3) is 3.79 Å². The van der Waals surface area contributed by atoms with Crippen molar-refractivity contribution < 1.29 is 33.6 Å². The Morgan fingerprint density at radius 2 is 1.19 bits per heavy atom. The van der Waals surface area contributed by atoms with Crippen LogP contribution in [0.1, 0.15) is 16.7 Å². The number of ether oxygens (including phenoxy) is 5. The number of carbonyl (C=O) groups excluding carboxylic acids is 1. The van der Waals surface area contributed by atoms with Gasteiger partial charge < -0.3 is 28.8 Å². The second-order valence-corrected chi connectivity index (χ2v) is 12.3. The average Bonchev–Trinajstić information content (AvgIpc) is 3.02. The Labute approximate surface area is 270 Å². The molecule has 1 unspecified atom stereocenters. The number of Topliss-reactive ketones (excluding diaryl/α,β-unsaturated/α-hetero) is 1. The Morgan fingerprint density at radius 1 is 0.767 bits per heavy atom. The van der Waals surface area contributed by atoms with Crippen molar-refractivity contribution in [3.05, 3.63) is 108 Å². The van der Waals surface area contributed by atoms with E-state index in [1.165, 1.54) is 0 Å². The standard InChI is InChI=1S/C31H31Cl4NO7/c32-16-23(37)24(38)25-26(39-17-20-10-4-1-5-11-20)27(40-18-21-12-6-2-7-13-21)28(41-19-22-14-8-3-9-15-22)29(42-25)43-30(36)31(33,34)35/h1-15,24-29,36,38H,16-19H2/t24?,25-,26-,27+,28-,29+/m1/s1. The van der Waals surface area contributed by atoms with Crippen LogP contribution in [-0.2, 0) is 48.3 Å². The predicted octanol–water partition coefficient (Wildman–Crippen LogP) is 6.00.